The minimum atomic E-state index is -0.430. The number of nitrogens with zero attached hydrogens (tertiary/aromatic N) is 4. The minimum absolute atomic E-state index is 0.0716. The molecule has 0 spiro atoms. The van der Waals surface area contributed by atoms with Gasteiger partial charge in [0.1, 0.15) is 11.6 Å². The lowest BCUT2D eigenvalue weighted by Crippen LogP contribution is -2.12. The maximum absolute atomic E-state index is 13.4. The molecule has 128 valence electrons. The predicted molar refractivity (Wildman–Crippen MR) is 88.5 cm³/mol. The lowest BCUT2D eigenvalue weighted by Gasteiger charge is -2.05. The third kappa shape index (κ3) is 3.00. The third-order valence-electron chi connectivity index (χ3n) is 3.61. The van der Waals surface area contributed by atoms with E-state index in [1.165, 1.54) is 59.4 Å². The van der Waals surface area contributed by atoms with Crippen molar-refractivity contribution in [3.8, 4) is 28.7 Å². The van der Waals surface area contributed by atoms with Crippen LogP contribution in [0.4, 0.5) is 8.78 Å². The van der Waals surface area contributed by atoms with Gasteiger partial charge in [-0.2, -0.15) is 10.1 Å². The van der Waals surface area contributed by atoms with Crippen LogP contribution in [-0.4, -0.2) is 19.9 Å². The molecular formula is C18H10F2N4O2. The molecule has 2 aromatic heterocycles. The number of aromatic nitrogens is 4. The van der Waals surface area contributed by atoms with Gasteiger partial charge in [0.15, 0.2) is 5.69 Å². The largest absolute Gasteiger partial charge is 0.332 e. The summed E-state index contributed by atoms with van der Waals surface area (Å²) in [5.74, 6) is -0.705. The Bertz CT molecular complexity index is 1140. The lowest BCUT2D eigenvalue weighted by atomic mass is 10.2. The Hall–Kier alpha value is -3.68. The molecule has 0 bridgehead atoms. The molecule has 0 aliphatic rings. The summed E-state index contributed by atoms with van der Waals surface area (Å²) in [6, 6.07) is 12.5. The average molecular weight is 352 g/mol. The van der Waals surface area contributed by atoms with Crippen molar-refractivity contribution < 1.29 is 13.3 Å². The van der Waals surface area contributed by atoms with Crippen molar-refractivity contribution in [1.82, 2.24) is 19.9 Å². The van der Waals surface area contributed by atoms with Gasteiger partial charge in [-0.3, -0.25) is 4.79 Å². The molecule has 0 unspecified atom stereocenters. The summed E-state index contributed by atoms with van der Waals surface area (Å²) >= 11 is 0. The van der Waals surface area contributed by atoms with Crippen LogP contribution in [-0.2, 0) is 0 Å². The second kappa shape index (κ2) is 6.32. The highest BCUT2D eigenvalue weighted by Crippen LogP contribution is 2.20. The van der Waals surface area contributed by atoms with Crippen molar-refractivity contribution in [3.05, 3.63) is 82.7 Å². The molecule has 4 aromatic rings. The molecule has 0 aliphatic carbocycles. The molecule has 0 atom stereocenters. The number of hydrogen-bond acceptors (Lipinski definition) is 5. The van der Waals surface area contributed by atoms with Crippen LogP contribution in [0.1, 0.15) is 0 Å². The first kappa shape index (κ1) is 15.8. The zero-order chi connectivity index (χ0) is 18.1. The van der Waals surface area contributed by atoms with E-state index in [1.54, 1.807) is 6.07 Å². The van der Waals surface area contributed by atoms with E-state index in [2.05, 4.69) is 15.2 Å². The van der Waals surface area contributed by atoms with Gasteiger partial charge in [-0.1, -0.05) is 11.2 Å². The van der Waals surface area contributed by atoms with Crippen LogP contribution in [0.15, 0.2) is 70.1 Å². The molecule has 4 rings (SSSR count). The highest BCUT2D eigenvalue weighted by Gasteiger charge is 2.16. The normalized spacial score (nSPS) is 10.8. The SMILES string of the molecule is O=c1ccn(-c2cccc(F)c2)nc1-c1nc(-c2ccc(F)cc2)no1. The standard InChI is InChI=1S/C18H10F2N4O2/c19-12-6-4-11(5-7-12)17-21-18(26-23-17)16-15(25)8-9-24(22-16)14-3-1-2-13(20)10-14/h1-10H. The van der Waals surface area contributed by atoms with E-state index in [0.29, 0.717) is 11.3 Å². The van der Waals surface area contributed by atoms with Crippen molar-refractivity contribution in [2.24, 2.45) is 0 Å². The molecule has 0 saturated carbocycles. The Balaban J connectivity index is 1.75. The quantitative estimate of drug-likeness (QED) is 0.566. The van der Waals surface area contributed by atoms with Gasteiger partial charge < -0.3 is 4.52 Å². The first-order valence-corrected chi connectivity index (χ1v) is 7.56. The molecule has 0 saturated heterocycles. The van der Waals surface area contributed by atoms with Crippen LogP contribution in [0.3, 0.4) is 0 Å². The van der Waals surface area contributed by atoms with E-state index in [4.69, 9.17) is 4.52 Å². The Morgan fingerprint density at radius 2 is 1.77 bits per heavy atom. The molecule has 0 radical (unpaired) electrons. The van der Waals surface area contributed by atoms with Gasteiger partial charge >= 0.3 is 0 Å². The van der Waals surface area contributed by atoms with Gasteiger partial charge in [0.25, 0.3) is 5.89 Å². The van der Waals surface area contributed by atoms with Crippen molar-refractivity contribution >= 4 is 0 Å². The third-order valence-corrected chi connectivity index (χ3v) is 3.61. The summed E-state index contributed by atoms with van der Waals surface area (Å²) in [5.41, 5.74) is 0.469. The van der Waals surface area contributed by atoms with Crippen molar-refractivity contribution in [2.45, 2.75) is 0 Å². The van der Waals surface area contributed by atoms with E-state index >= 15 is 0 Å². The van der Waals surface area contributed by atoms with E-state index in [9.17, 15) is 13.6 Å². The van der Waals surface area contributed by atoms with Gasteiger partial charge in [0, 0.05) is 17.8 Å². The van der Waals surface area contributed by atoms with Crippen LogP contribution in [0.2, 0.25) is 0 Å². The summed E-state index contributed by atoms with van der Waals surface area (Å²) in [6.45, 7) is 0. The van der Waals surface area contributed by atoms with Crippen molar-refractivity contribution in [1.29, 1.82) is 0 Å². The molecule has 0 aliphatic heterocycles. The molecule has 6 nitrogen and oxygen atoms in total. The fraction of sp³-hybridized carbons (Fsp3) is 0. The highest BCUT2D eigenvalue weighted by atomic mass is 19.1. The molecule has 2 heterocycles. The molecule has 26 heavy (non-hydrogen) atoms. The number of hydrogen-bond donors (Lipinski definition) is 0. The Labute approximate surface area is 145 Å². The van der Waals surface area contributed by atoms with E-state index in [0.717, 1.165) is 0 Å². The minimum Gasteiger partial charge on any atom is -0.332 e. The van der Waals surface area contributed by atoms with Gasteiger partial charge in [-0.05, 0) is 42.5 Å². The number of halogens is 2. The first-order valence-electron chi connectivity index (χ1n) is 7.56. The van der Waals surface area contributed by atoms with Gasteiger partial charge in [0.05, 0.1) is 5.69 Å². The Morgan fingerprint density at radius 1 is 0.962 bits per heavy atom. The number of benzene rings is 2. The summed E-state index contributed by atoms with van der Waals surface area (Å²) in [4.78, 5) is 16.3. The highest BCUT2D eigenvalue weighted by molar-refractivity contribution is 5.57. The Kier molecular flexibility index (Phi) is 3.85. The molecule has 0 amide bonds. The van der Waals surface area contributed by atoms with Crippen molar-refractivity contribution in [2.75, 3.05) is 0 Å². The fourth-order valence-electron chi connectivity index (χ4n) is 2.35. The second-order valence-corrected chi connectivity index (χ2v) is 5.38. The zero-order valence-electron chi connectivity index (χ0n) is 13.1. The van der Waals surface area contributed by atoms with Crippen LogP contribution >= 0.6 is 0 Å². The topological polar surface area (TPSA) is 73.8 Å². The maximum atomic E-state index is 13.4. The van der Waals surface area contributed by atoms with E-state index in [-0.39, 0.29) is 23.2 Å². The average Bonchev–Trinajstić information content (AvgIpc) is 3.12. The van der Waals surface area contributed by atoms with Crippen LogP contribution in [0.5, 0.6) is 0 Å². The van der Waals surface area contributed by atoms with Crippen LogP contribution < -0.4 is 5.43 Å². The molecule has 8 heteroatoms. The van der Waals surface area contributed by atoms with Gasteiger partial charge in [-0.25, -0.2) is 13.5 Å². The summed E-state index contributed by atoms with van der Waals surface area (Å²) in [7, 11) is 0. The zero-order valence-corrected chi connectivity index (χ0v) is 13.1. The van der Waals surface area contributed by atoms with Crippen LogP contribution in [0.25, 0.3) is 28.7 Å². The van der Waals surface area contributed by atoms with E-state index < -0.39 is 11.2 Å². The Morgan fingerprint density at radius 3 is 2.54 bits per heavy atom. The molecule has 2 aromatic carbocycles. The van der Waals surface area contributed by atoms with Gasteiger partial charge in [0.2, 0.25) is 11.3 Å². The number of rotatable bonds is 3. The summed E-state index contributed by atoms with van der Waals surface area (Å²) < 4.78 is 32.9. The predicted octanol–water partition coefficient (Wildman–Crippen LogP) is 3.23. The first-order chi connectivity index (χ1) is 12.6. The lowest BCUT2D eigenvalue weighted by molar-refractivity contribution is 0.429. The maximum Gasteiger partial charge on any atom is 0.282 e. The summed E-state index contributed by atoms with van der Waals surface area (Å²) in [5, 5.41) is 7.95. The molecule has 0 N–H and O–H groups in total. The smallest absolute Gasteiger partial charge is 0.282 e. The molecular weight excluding hydrogens is 342 g/mol. The fourth-order valence-corrected chi connectivity index (χ4v) is 2.35. The summed E-state index contributed by atoms with van der Waals surface area (Å²) in [6.07, 6.45) is 1.41. The van der Waals surface area contributed by atoms with Gasteiger partial charge in [-0.15, -0.1) is 0 Å². The van der Waals surface area contributed by atoms with E-state index in [1.807, 2.05) is 0 Å². The monoisotopic (exact) mass is 352 g/mol. The van der Waals surface area contributed by atoms with Crippen LogP contribution in [0, 0.1) is 11.6 Å². The van der Waals surface area contributed by atoms with Crippen molar-refractivity contribution in [3.63, 3.8) is 0 Å². The molecule has 0 fully saturated rings. The second-order valence-electron chi connectivity index (χ2n) is 5.38.